The van der Waals surface area contributed by atoms with Gasteiger partial charge in [0.15, 0.2) is 0 Å². The maximum Gasteiger partial charge on any atom is 0.144 e. The molecule has 110 valence electrons. The van der Waals surface area contributed by atoms with E-state index >= 15 is 0 Å². The lowest BCUT2D eigenvalue weighted by Crippen LogP contribution is -1.97. The topological polar surface area (TPSA) is 34.2 Å². The van der Waals surface area contributed by atoms with Crippen molar-refractivity contribution in [3.8, 4) is 5.75 Å². The summed E-state index contributed by atoms with van der Waals surface area (Å²) >= 11 is 3.48. The number of hydrogen-bond acceptors (Lipinski definition) is 3. The van der Waals surface area contributed by atoms with E-state index in [0.29, 0.717) is 6.61 Å². The lowest BCUT2D eigenvalue weighted by molar-refractivity contribution is 0.306. The molecule has 22 heavy (non-hydrogen) atoms. The fraction of sp³-hybridized carbons (Fsp3) is 0.0556. The zero-order chi connectivity index (χ0) is 15.2. The number of halogens is 1. The fourth-order valence-electron chi connectivity index (χ4n) is 2.02. The van der Waals surface area contributed by atoms with E-state index in [1.54, 1.807) is 6.20 Å². The maximum atomic E-state index is 5.83. The van der Waals surface area contributed by atoms with Gasteiger partial charge in [-0.2, -0.15) is 0 Å². The summed E-state index contributed by atoms with van der Waals surface area (Å²) in [4.78, 5) is 4.30. The summed E-state index contributed by atoms with van der Waals surface area (Å²) in [5.74, 6) is 1.60. The molecule has 0 fully saturated rings. The van der Waals surface area contributed by atoms with E-state index in [1.807, 2.05) is 66.7 Å². The first-order valence-electron chi connectivity index (χ1n) is 6.95. The first-order valence-corrected chi connectivity index (χ1v) is 7.75. The number of benzene rings is 2. The molecule has 0 saturated carbocycles. The number of ether oxygens (including phenoxy) is 1. The average Bonchev–Trinajstić information content (AvgIpc) is 2.57. The van der Waals surface area contributed by atoms with Crippen molar-refractivity contribution in [2.75, 3.05) is 5.32 Å². The maximum absolute atomic E-state index is 5.83. The van der Waals surface area contributed by atoms with Gasteiger partial charge in [-0.3, -0.25) is 0 Å². The minimum Gasteiger partial charge on any atom is -0.489 e. The highest BCUT2D eigenvalue weighted by Gasteiger charge is 2.02. The third-order valence-electron chi connectivity index (χ3n) is 3.10. The molecule has 0 amide bonds. The number of aromatic nitrogens is 1. The zero-order valence-corrected chi connectivity index (χ0v) is 13.5. The molecule has 3 rings (SSSR count). The first-order chi connectivity index (χ1) is 10.8. The summed E-state index contributed by atoms with van der Waals surface area (Å²) in [6, 6.07) is 21.8. The second kappa shape index (κ2) is 7.09. The molecule has 0 aliphatic heterocycles. The molecule has 0 unspecified atom stereocenters. The van der Waals surface area contributed by atoms with Crippen molar-refractivity contribution in [2.24, 2.45) is 0 Å². The Morgan fingerprint density at radius 1 is 0.955 bits per heavy atom. The van der Waals surface area contributed by atoms with Crippen LogP contribution in [0.25, 0.3) is 0 Å². The standard InChI is InChI=1S/C18H15BrN2O/c19-17-10-5-11-20-18(17)21-15-8-4-9-16(12-15)22-13-14-6-2-1-3-7-14/h1-12H,13H2,(H,20,21). The summed E-state index contributed by atoms with van der Waals surface area (Å²) in [5.41, 5.74) is 2.08. The Bertz CT molecular complexity index is 747. The molecule has 0 bridgehead atoms. The van der Waals surface area contributed by atoms with Gasteiger partial charge in [-0.1, -0.05) is 36.4 Å². The predicted octanol–water partition coefficient (Wildman–Crippen LogP) is 5.17. The molecular weight excluding hydrogens is 340 g/mol. The van der Waals surface area contributed by atoms with Gasteiger partial charge in [0.25, 0.3) is 0 Å². The Labute approximate surface area is 138 Å². The van der Waals surface area contributed by atoms with Crippen LogP contribution in [0.1, 0.15) is 5.56 Å². The molecule has 0 aliphatic rings. The van der Waals surface area contributed by atoms with Crippen molar-refractivity contribution in [3.63, 3.8) is 0 Å². The molecular formula is C18H15BrN2O. The van der Waals surface area contributed by atoms with Crippen LogP contribution in [0.15, 0.2) is 77.4 Å². The Morgan fingerprint density at radius 3 is 2.64 bits per heavy atom. The lowest BCUT2D eigenvalue weighted by atomic mass is 10.2. The van der Waals surface area contributed by atoms with Crippen molar-refractivity contribution >= 4 is 27.4 Å². The third-order valence-corrected chi connectivity index (χ3v) is 3.74. The Balaban J connectivity index is 1.69. The minimum absolute atomic E-state index is 0.553. The van der Waals surface area contributed by atoms with Crippen LogP contribution in [0, 0.1) is 0 Å². The Kier molecular flexibility index (Phi) is 4.71. The third kappa shape index (κ3) is 3.86. The number of hydrogen-bond donors (Lipinski definition) is 1. The quantitative estimate of drug-likeness (QED) is 0.686. The van der Waals surface area contributed by atoms with Crippen LogP contribution in [0.2, 0.25) is 0 Å². The SMILES string of the molecule is Brc1cccnc1Nc1cccc(OCc2ccccc2)c1. The number of nitrogens with zero attached hydrogens (tertiary/aromatic N) is 1. The normalized spacial score (nSPS) is 10.2. The number of rotatable bonds is 5. The highest BCUT2D eigenvalue weighted by molar-refractivity contribution is 9.10. The van der Waals surface area contributed by atoms with Crippen LogP contribution in [-0.4, -0.2) is 4.98 Å². The van der Waals surface area contributed by atoms with Gasteiger partial charge in [0, 0.05) is 18.0 Å². The van der Waals surface area contributed by atoms with E-state index in [4.69, 9.17) is 4.74 Å². The van der Waals surface area contributed by atoms with Crippen LogP contribution in [0.4, 0.5) is 11.5 Å². The van der Waals surface area contributed by atoms with Crippen molar-refractivity contribution in [2.45, 2.75) is 6.61 Å². The highest BCUT2D eigenvalue weighted by Crippen LogP contribution is 2.25. The molecule has 2 aromatic carbocycles. The smallest absolute Gasteiger partial charge is 0.144 e. The van der Waals surface area contributed by atoms with Crippen molar-refractivity contribution in [1.29, 1.82) is 0 Å². The molecule has 4 heteroatoms. The van der Waals surface area contributed by atoms with Gasteiger partial charge in [0.1, 0.15) is 18.2 Å². The molecule has 3 nitrogen and oxygen atoms in total. The van der Waals surface area contributed by atoms with E-state index in [2.05, 4.69) is 26.2 Å². The molecule has 1 aromatic heterocycles. The van der Waals surface area contributed by atoms with Crippen LogP contribution in [0.5, 0.6) is 5.75 Å². The second-order valence-electron chi connectivity index (χ2n) is 4.76. The van der Waals surface area contributed by atoms with E-state index in [9.17, 15) is 0 Å². The van der Waals surface area contributed by atoms with E-state index in [1.165, 1.54) is 0 Å². The van der Waals surface area contributed by atoms with Crippen LogP contribution in [-0.2, 0) is 6.61 Å². The summed E-state index contributed by atoms with van der Waals surface area (Å²) < 4.78 is 6.75. The molecule has 0 aliphatic carbocycles. The molecule has 0 atom stereocenters. The van der Waals surface area contributed by atoms with Crippen molar-refractivity contribution < 1.29 is 4.74 Å². The molecule has 0 radical (unpaired) electrons. The van der Waals surface area contributed by atoms with Gasteiger partial charge < -0.3 is 10.1 Å². The van der Waals surface area contributed by atoms with Crippen molar-refractivity contribution in [1.82, 2.24) is 4.98 Å². The summed E-state index contributed by atoms with van der Waals surface area (Å²) in [6.07, 6.45) is 1.75. The lowest BCUT2D eigenvalue weighted by Gasteiger charge is -2.10. The fourth-order valence-corrected chi connectivity index (χ4v) is 2.37. The van der Waals surface area contributed by atoms with Crippen LogP contribution >= 0.6 is 15.9 Å². The van der Waals surface area contributed by atoms with Crippen LogP contribution in [0.3, 0.4) is 0 Å². The van der Waals surface area contributed by atoms with Gasteiger partial charge in [-0.25, -0.2) is 4.98 Å². The Hall–Kier alpha value is -2.33. The van der Waals surface area contributed by atoms with Gasteiger partial charge in [0.2, 0.25) is 0 Å². The highest BCUT2D eigenvalue weighted by atomic mass is 79.9. The summed E-state index contributed by atoms with van der Waals surface area (Å²) in [6.45, 7) is 0.553. The van der Waals surface area contributed by atoms with E-state index < -0.39 is 0 Å². The predicted molar refractivity (Wildman–Crippen MR) is 92.4 cm³/mol. The van der Waals surface area contributed by atoms with Crippen molar-refractivity contribution in [3.05, 3.63) is 83.0 Å². The van der Waals surface area contributed by atoms with E-state index in [0.717, 1.165) is 27.3 Å². The molecule has 3 aromatic rings. The number of nitrogens with one attached hydrogen (secondary N) is 1. The van der Waals surface area contributed by atoms with E-state index in [-0.39, 0.29) is 0 Å². The molecule has 1 N–H and O–H groups in total. The molecule has 1 heterocycles. The van der Waals surface area contributed by atoms with Gasteiger partial charge in [-0.05, 0) is 45.8 Å². The monoisotopic (exact) mass is 354 g/mol. The minimum atomic E-state index is 0.553. The van der Waals surface area contributed by atoms with Gasteiger partial charge >= 0.3 is 0 Å². The largest absolute Gasteiger partial charge is 0.489 e. The molecule has 0 saturated heterocycles. The number of anilines is 2. The zero-order valence-electron chi connectivity index (χ0n) is 11.9. The summed E-state index contributed by atoms with van der Waals surface area (Å²) in [7, 11) is 0. The second-order valence-corrected chi connectivity index (χ2v) is 5.62. The first kappa shape index (κ1) is 14.6. The van der Waals surface area contributed by atoms with Gasteiger partial charge in [0.05, 0.1) is 4.47 Å². The number of pyridine rings is 1. The van der Waals surface area contributed by atoms with Gasteiger partial charge in [-0.15, -0.1) is 0 Å². The summed E-state index contributed by atoms with van der Waals surface area (Å²) in [5, 5.41) is 3.27. The van der Waals surface area contributed by atoms with Crippen LogP contribution < -0.4 is 10.1 Å². The Morgan fingerprint density at radius 2 is 1.82 bits per heavy atom. The average molecular weight is 355 g/mol. The molecule has 0 spiro atoms.